The third kappa shape index (κ3) is 2.68. The van der Waals surface area contributed by atoms with Gasteiger partial charge in [0.1, 0.15) is 0 Å². The van der Waals surface area contributed by atoms with Gasteiger partial charge in [-0.25, -0.2) is 9.89 Å². The van der Waals surface area contributed by atoms with E-state index in [1.165, 1.54) is 16.6 Å². The van der Waals surface area contributed by atoms with Gasteiger partial charge in [-0.3, -0.25) is 4.57 Å². The molecule has 0 spiro atoms. The van der Waals surface area contributed by atoms with Crippen LogP contribution in [0.1, 0.15) is 24.0 Å². The van der Waals surface area contributed by atoms with Crippen LogP contribution in [0.5, 0.6) is 0 Å². The van der Waals surface area contributed by atoms with Gasteiger partial charge < -0.3 is 5.73 Å². The van der Waals surface area contributed by atoms with Crippen LogP contribution in [0.15, 0.2) is 27.5 Å². The second kappa shape index (κ2) is 5.73. The minimum Gasteiger partial charge on any atom is -0.327 e. The van der Waals surface area contributed by atoms with Gasteiger partial charge in [-0.1, -0.05) is 17.8 Å². The fourth-order valence-electron chi connectivity index (χ4n) is 1.66. The zero-order chi connectivity index (χ0) is 13.1. The quantitative estimate of drug-likeness (QED) is 0.821. The van der Waals surface area contributed by atoms with Crippen LogP contribution >= 0.6 is 23.1 Å². The molecule has 0 aliphatic carbocycles. The van der Waals surface area contributed by atoms with E-state index in [1.807, 2.05) is 25.3 Å². The molecular formula is C11H16N4OS2. The Labute approximate surface area is 113 Å². The first kappa shape index (κ1) is 13.4. The van der Waals surface area contributed by atoms with Crippen LogP contribution in [0.25, 0.3) is 0 Å². The minimum atomic E-state index is -0.172. The van der Waals surface area contributed by atoms with Gasteiger partial charge in [0.2, 0.25) is 0 Å². The lowest BCUT2D eigenvalue weighted by atomic mass is 10.2. The van der Waals surface area contributed by atoms with E-state index in [2.05, 4.69) is 16.3 Å². The van der Waals surface area contributed by atoms with Gasteiger partial charge in [-0.15, -0.1) is 16.4 Å². The molecule has 18 heavy (non-hydrogen) atoms. The third-order valence-corrected chi connectivity index (χ3v) is 5.14. The average Bonchev–Trinajstić information content (AvgIpc) is 2.95. The van der Waals surface area contributed by atoms with Crippen LogP contribution in [0.4, 0.5) is 0 Å². The first-order valence-electron chi connectivity index (χ1n) is 5.74. The molecule has 5 nitrogen and oxygen atoms in total. The van der Waals surface area contributed by atoms with Gasteiger partial charge in [-0.05, 0) is 25.3 Å². The highest BCUT2D eigenvalue weighted by Crippen LogP contribution is 2.37. The van der Waals surface area contributed by atoms with Gasteiger partial charge in [-0.2, -0.15) is 0 Å². The molecule has 2 rings (SSSR count). The Morgan fingerprint density at radius 3 is 3.00 bits per heavy atom. The Morgan fingerprint density at radius 1 is 1.67 bits per heavy atom. The van der Waals surface area contributed by atoms with E-state index in [9.17, 15) is 4.79 Å². The van der Waals surface area contributed by atoms with E-state index in [0.29, 0.717) is 11.7 Å². The number of thioether (sulfide) groups is 1. The number of nitrogens with one attached hydrogen (secondary N) is 1. The summed E-state index contributed by atoms with van der Waals surface area (Å²) in [6, 6.07) is 4.06. The highest BCUT2D eigenvalue weighted by atomic mass is 32.2. The molecule has 0 radical (unpaired) electrons. The third-order valence-electron chi connectivity index (χ3n) is 2.57. The summed E-state index contributed by atoms with van der Waals surface area (Å²) in [7, 11) is 0. The van der Waals surface area contributed by atoms with Crippen molar-refractivity contribution in [3.05, 3.63) is 32.9 Å². The summed E-state index contributed by atoms with van der Waals surface area (Å²) >= 11 is 3.21. The second-order valence-corrected chi connectivity index (χ2v) is 6.06. The Morgan fingerprint density at radius 2 is 2.44 bits per heavy atom. The van der Waals surface area contributed by atoms with Crippen molar-refractivity contribution in [2.24, 2.45) is 5.73 Å². The van der Waals surface area contributed by atoms with Crippen LogP contribution in [0.3, 0.4) is 0 Å². The fourth-order valence-corrected chi connectivity index (χ4v) is 3.87. The molecular weight excluding hydrogens is 268 g/mol. The first-order chi connectivity index (χ1) is 8.63. The molecule has 2 unspecified atom stereocenters. The molecule has 0 aromatic carbocycles. The number of hydrogen-bond acceptors (Lipinski definition) is 5. The molecule has 0 aliphatic rings. The maximum atomic E-state index is 11.5. The molecule has 0 aliphatic heterocycles. The molecule has 2 heterocycles. The van der Waals surface area contributed by atoms with Crippen molar-refractivity contribution < 1.29 is 0 Å². The number of H-pyrrole nitrogens is 1. The van der Waals surface area contributed by atoms with Crippen molar-refractivity contribution >= 4 is 23.1 Å². The Kier molecular flexibility index (Phi) is 4.26. The normalized spacial score (nSPS) is 14.6. The van der Waals surface area contributed by atoms with Gasteiger partial charge in [0.15, 0.2) is 5.16 Å². The predicted octanol–water partition coefficient (Wildman–Crippen LogP) is 1.83. The summed E-state index contributed by atoms with van der Waals surface area (Å²) in [6.45, 7) is 4.50. The largest absolute Gasteiger partial charge is 0.343 e. The molecule has 0 saturated heterocycles. The maximum absolute atomic E-state index is 11.5. The minimum absolute atomic E-state index is 0.00856. The van der Waals surface area contributed by atoms with E-state index >= 15 is 0 Å². The predicted molar refractivity (Wildman–Crippen MR) is 75.1 cm³/mol. The number of hydrogen-bond donors (Lipinski definition) is 2. The topological polar surface area (TPSA) is 76.7 Å². The van der Waals surface area contributed by atoms with Gasteiger partial charge in [0, 0.05) is 17.5 Å². The Balaban J connectivity index is 2.27. The Bertz CT molecular complexity index is 544. The van der Waals surface area contributed by atoms with Crippen LogP contribution in [-0.2, 0) is 6.54 Å². The van der Waals surface area contributed by atoms with Crippen LogP contribution in [0, 0.1) is 0 Å². The summed E-state index contributed by atoms with van der Waals surface area (Å²) in [4.78, 5) is 12.7. The van der Waals surface area contributed by atoms with Crippen LogP contribution < -0.4 is 11.4 Å². The van der Waals surface area contributed by atoms with Crippen LogP contribution in [0.2, 0.25) is 0 Å². The number of nitrogens with zero attached hydrogens (tertiary/aromatic N) is 2. The van der Waals surface area contributed by atoms with Gasteiger partial charge in [0.05, 0.1) is 5.25 Å². The molecule has 0 amide bonds. The number of aromatic amines is 1. The highest BCUT2D eigenvalue weighted by Gasteiger charge is 2.21. The Hall–Kier alpha value is -1.05. The average molecular weight is 284 g/mol. The summed E-state index contributed by atoms with van der Waals surface area (Å²) in [5.41, 5.74) is 5.86. The number of nitrogens with two attached hydrogens (primary N) is 1. The lowest BCUT2D eigenvalue weighted by molar-refractivity contribution is 0.653. The van der Waals surface area contributed by atoms with E-state index in [1.54, 1.807) is 15.9 Å². The van der Waals surface area contributed by atoms with Crippen molar-refractivity contribution in [3.8, 4) is 0 Å². The van der Waals surface area contributed by atoms with E-state index in [4.69, 9.17) is 5.73 Å². The van der Waals surface area contributed by atoms with Crippen molar-refractivity contribution in [3.63, 3.8) is 0 Å². The SMILES string of the molecule is CCn1c(SC(c2cccs2)C(C)N)n[nH]c1=O. The standard InChI is InChI=1S/C11H16N4OS2/c1-3-15-10(16)13-14-11(15)18-9(7(2)12)8-5-4-6-17-8/h4-7,9H,3,12H2,1-2H3,(H,13,16). The summed E-state index contributed by atoms with van der Waals surface area (Å²) in [6.07, 6.45) is 0. The summed E-state index contributed by atoms with van der Waals surface area (Å²) < 4.78 is 1.62. The summed E-state index contributed by atoms with van der Waals surface area (Å²) in [5.74, 6) is 0. The van der Waals surface area contributed by atoms with Crippen molar-refractivity contribution in [1.82, 2.24) is 14.8 Å². The summed E-state index contributed by atoms with van der Waals surface area (Å²) in [5, 5.41) is 9.37. The smallest absolute Gasteiger partial charge is 0.327 e. The monoisotopic (exact) mass is 284 g/mol. The molecule has 2 aromatic rings. The second-order valence-electron chi connectivity index (χ2n) is 3.97. The van der Waals surface area contributed by atoms with Crippen molar-refractivity contribution in [2.75, 3.05) is 0 Å². The van der Waals surface area contributed by atoms with E-state index in [-0.39, 0.29) is 17.0 Å². The molecule has 0 saturated carbocycles. The zero-order valence-electron chi connectivity index (χ0n) is 10.3. The maximum Gasteiger partial charge on any atom is 0.343 e. The molecule has 7 heteroatoms. The number of thiophene rings is 1. The lowest BCUT2D eigenvalue weighted by Crippen LogP contribution is -2.23. The van der Waals surface area contributed by atoms with Crippen LogP contribution in [-0.4, -0.2) is 20.8 Å². The molecule has 3 N–H and O–H groups in total. The molecule has 2 aromatic heterocycles. The molecule has 98 valence electrons. The number of aromatic nitrogens is 3. The first-order valence-corrected chi connectivity index (χ1v) is 7.50. The van der Waals surface area contributed by atoms with Gasteiger partial charge in [0.25, 0.3) is 0 Å². The van der Waals surface area contributed by atoms with Crippen molar-refractivity contribution in [1.29, 1.82) is 0 Å². The molecule has 2 atom stereocenters. The van der Waals surface area contributed by atoms with Gasteiger partial charge >= 0.3 is 5.69 Å². The zero-order valence-corrected chi connectivity index (χ0v) is 11.9. The lowest BCUT2D eigenvalue weighted by Gasteiger charge is -2.18. The fraction of sp³-hybridized carbons (Fsp3) is 0.455. The van der Waals surface area contributed by atoms with Crippen molar-refractivity contribution in [2.45, 2.75) is 36.8 Å². The molecule has 0 fully saturated rings. The van der Waals surface area contributed by atoms with E-state index < -0.39 is 0 Å². The van der Waals surface area contributed by atoms with E-state index in [0.717, 1.165) is 0 Å². The highest BCUT2D eigenvalue weighted by molar-refractivity contribution is 7.99. The number of rotatable bonds is 5. The molecule has 0 bridgehead atoms.